The van der Waals surface area contributed by atoms with E-state index in [1.165, 1.54) is 0 Å². The molecule has 0 spiro atoms. The van der Waals surface area contributed by atoms with Gasteiger partial charge in [0.2, 0.25) is 0 Å². The van der Waals surface area contributed by atoms with Crippen LogP contribution >= 0.6 is 0 Å². The molecule has 0 aromatic rings. The quantitative estimate of drug-likeness (QED) is 0.0724. The van der Waals surface area contributed by atoms with Crippen LogP contribution in [0.3, 0.4) is 0 Å². The Morgan fingerprint density at radius 3 is 0.890 bits per heavy atom. The predicted octanol–water partition coefficient (Wildman–Crippen LogP) is -13.3. The molecule has 8 heterocycles. The first-order chi connectivity index (χ1) is 34.7. The molecule has 424 valence electrons. The van der Waals surface area contributed by atoms with Gasteiger partial charge >= 0.3 is 0 Å². The molecule has 33 heteroatoms. The fraction of sp³-hybridized carbons (Fsp3) is 1.00. The number of hydrogen-bond donors (Lipinski definition) is 18. The van der Waals surface area contributed by atoms with E-state index in [4.69, 9.17) is 71.1 Å². The van der Waals surface area contributed by atoms with Gasteiger partial charge in [0, 0.05) is 0 Å². The van der Waals surface area contributed by atoms with Crippen LogP contribution in [0.5, 0.6) is 0 Å². The summed E-state index contributed by atoms with van der Waals surface area (Å²) in [6.07, 6.45) is -52.3. The molecular weight excluding hydrogens is 1010 g/mol. The highest BCUT2D eigenvalue weighted by Gasteiger charge is 2.54. The van der Waals surface area contributed by atoms with Crippen molar-refractivity contribution < 1.29 is 163 Å². The van der Waals surface area contributed by atoms with Crippen molar-refractivity contribution in [1.29, 1.82) is 0 Å². The lowest BCUT2D eigenvalue weighted by molar-refractivity contribution is -0.369. The maximum absolute atomic E-state index is 11.0. The summed E-state index contributed by atoms with van der Waals surface area (Å²) < 4.78 is 82.5. The summed E-state index contributed by atoms with van der Waals surface area (Å²) in [6, 6.07) is 0. The van der Waals surface area contributed by atoms with Gasteiger partial charge in [-0.25, -0.2) is 0 Å². The third kappa shape index (κ3) is 12.4. The van der Waals surface area contributed by atoms with Gasteiger partial charge in [-0.1, -0.05) is 0 Å². The Labute approximate surface area is 412 Å². The molecule has 32 atom stereocenters. The highest BCUT2D eigenvalue weighted by molar-refractivity contribution is 4.95. The van der Waals surface area contributed by atoms with Crippen LogP contribution in [0.25, 0.3) is 0 Å². The molecule has 0 aromatic heterocycles. The minimum absolute atomic E-state index is 0.387. The summed E-state index contributed by atoms with van der Waals surface area (Å²) in [4.78, 5) is 0. The Morgan fingerprint density at radius 1 is 0.274 bits per heavy atom. The van der Waals surface area contributed by atoms with Gasteiger partial charge in [0.15, 0.2) is 50.3 Å². The molecule has 18 N–H and O–H groups in total. The van der Waals surface area contributed by atoms with Crippen LogP contribution in [0.2, 0.25) is 0 Å². The summed E-state index contributed by atoms with van der Waals surface area (Å²) in [5.74, 6) is 0. The number of aliphatic hydroxyl groups is 18. The zero-order chi connectivity index (χ0) is 52.7. The Balaban J connectivity index is 0.758. The Hall–Kier alpha value is -1.32. The van der Waals surface area contributed by atoms with Crippen molar-refractivity contribution in [1.82, 2.24) is 0 Å². The standard InChI is InChI=1S/C40H66O33/c41-1-10-18(44)31(57)39(66-10)73-32-17(43)9(42)2-60-40(32)72-16-8-65-38(30(56)24(16)50)71-15-7-64-37(29(55)23(15)49)70-14-6-63-36(28(54)22(14)48)69-13-5-62-35(27(53)21(13)47)68-12-4-61-34(26(52)20(12)46)67-11-3-59-33(58)25(51)19(11)45/h9-58H,1-8H2/t9-,10+,11-,12-,13-,14-,15-,16-,17+,18-,19+,20+,21+,22+,23+,24+,25?,26?,27?,28?,29?,30?,31?,32?,33-,34+,35-,36-,37-,38-,39+,40+/m1/s1. The van der Waals surface area contributed by atoms with Gasteiger partial charge in [-0.2, -0.15) is 0 Å². The largest absolute Gasteiger partial charge is 0.394 e. The molecule has 0 amide bonds. The van der Waals surface area contributed by atoms with Gasteiger partial charge in [0.1, 0.15) is 146 Å². The van der Waals surface area contributed by atoms with Crippen molar-refractivity contribution in [2.45, 2.75) is 197 Å². The van der Waals surface area contributed by atoms with E-state index < -0.39 is 243 Å². The van der Waals surface area contributed by atoms with Crippen LogP contribution < -0.4 is 0 Å². The molecule has 0 aromatic carbocycles. The summed E-state index contributed by atoms with van der Waals surface area (Å²) in [5, 5.41) is 189. The van der Waals surface area contributed by atoms with Crippen LogP contribution in [0.1, 0.15) is 0 Å². The molecule has 0 bridgehead atoms. The molecule has 73 heavy (non-hydrogen) atoms. The molecule has 8 fully saturated rings. The highest BCUT2D eigenvalue weighted by atomic mass is 16.8. The Bertz CT molecular complexity index is 1710. The molecule has 33 nitrogen and oxygen atoms in total. The molecule has 8 unspecified atom stereocenters. The van der Waals surface area contributed by atoms with Crippen molar-refractivity contribution in [2.75, 3.05) is 52.9 Å². The van der Waals surface area contributed by atoms with Crippen LogP contribution in [0, 0.1) is 0 Å². The second-order valence-corrected chi connectivity index (χ2v) is 18.7. The lowest BCUT2D eigenvalue weighted by Crippen LogP contribution is -2.63. The molecule has 8 aliphatic heterocycles. The third-order valence-electron chi connectivity index (χ3n) is 13.7. The van der Waals surface area contributed by atoms with Gasteiger partial charge < -0.3 is 163 Å². The minimum atomic E-state index is -1.90. The molecular formula is C40H66O33. The van der Waals surface area contributed by atoms with E-state index in [2.05, 4.69) is 0 Å². The van der Waals surface area contributed by atoms with Crippen LogP contribution in [0.15, 0.2) is 0 Å². The first-order valence-electron chi connectivity index (χ1n) is 23.4. The average molecular weight is 1070 g/mol. The van der Waals surface area contributed by atoms with Gasteiger partial charge in [0.05, 0.1) is 52.9 Å². The Kier molecular flexibility index (Phi) is 19.6. The van der Waals surface area contributed by atoms with Gasteiger partial charge in [-0.15, -0.1) is 0 Å². The van der Waals surface area contributed by atoms with E-state index in [0.717, 1.165) is 0 Å². The normalized spacial score (nSPS) is 54.3. The van der Waals surface area contributed by atoms with E-state index in [-0.39, 0.29) is 6.61 Å². The van der Waals surface area contributed by atoms with Gasteiger partial charge in [-0.05, 0) is 0 Å². The molecule has 8 aliphatic rings. The van der Waals surface area contributed by atoms with E-state index in [9.17, 15) is 91.9 Å². The van der Waals surface area contributed by atoms with E-state index >= 15 is 0 Å². The monoisotopic (exact) mass is 1070 g/mol. The SMILES string of the molecule is OC[C@@H]1O[C@@H](OC2[C@H](O[C@@H]3CO[C@H](O[C@@H]4CO[C@H](O[C@@H]5CO[C@H](O[C@@H]6CO[C@H](O[C@@H]7CO[C@@H](O[C@@H]8CO[C@@H](O)C(O)[C@H]8O)C(O)[C@H]7O)C(O)[C@H]6O)C(O)[C@H]5O)C(O)[C@H]4O)C(O)[C@H]3O)OC[C@@H](O)[C@@H]2O)C(O)[C@@H]1O. The van der Waals surface area contributed by atoms with Crippen molar-refractivity contribution in [3.63, 3.8) is 0 Å². The molecule has 8 saturated heterocycles. The fourth-order valence-electron chi connectivity index (χ4n) is 9.13. The van der Waals surface area contributed by atoms with Crippen molar-refractivity contribution >= 4 is 0 Å². The number of hydrogen-bond acceptors (Lipinski definition) is 33. The summed E-state index contributed by atoms with van der Waals surface area (Å²) in [5.41, 5.74) is 0. The molecule has 8 rings (SSSR count). The molecule has 0 radical (unpaired) electrons. The topological polar surface area (TPSA) is 503 Å². The zero-order valence-corrected chi connectivity index (χ0v) is 38.3. The van der Waals surface area contributed by atoms with Crippen LogP contribution in [0.4, 0.5) is 0 Å². The molecule has 0 aliphatic carbocycles. The fourth-order valence-corrected chi connectivity index (χ4v) is 9.13. The lowest BCUT2D eigenvalue weighted by atomic mass is 10.0. The van der Waals surface area contributed by atoms with Crippen molar-refractivity contribution in [3.05, 3.63) is 0 Å². The number of aliphatic hydroxyl groups excluding tert-OH is 18. The number of ether oxygens (including phenoxy) is 15. The predicted molar refractivity (Wildman–Crippen MR) is 216 cm³/mol. The van der Waals surface area contributed by atoms with E-state index in [0.29, 0.717) is 0 Å². The third-order valence-corrected chi connectivity index (χ3v) is 13.7. The zero-order valence-electron chi connectivity index (χ0n) is 38.3. The summed E-state index contributed by atoms with van der Waals surface area (Å²) in [7, 11) is 0. The maximum atomic E-state index is 11.0. The smallest absolute Gasteiger partial charge is 0.187 e. The van der Waals surface area contributed by atoms with E-state index in [1.807, 2.05) is 0 Å². The van der Waals surface area contributed by atoms with Crippen LogP contribution in [-0.4, -0.2) is 342 Å². The van der Waals surface area contributed by atoms with Gasteiger partial charge in [-0.3, -0.25) is 0 Å². The number of rotatable bonds is 15. The van der Waals surface area contributed by atoms with Crippen molar-refractivity contribution in [3.8, 4) is 0 Å². The highest BCUT2D eigenvalue weighted by Crippen LogP contribution is 2.34. The molecule has 0 saturated carbocycles. The summed E-state index contributed by atoms with van der Waals surface area (Å²) in [6.45, 7) is -4.11. The van der Waals surface area contributed by atoms with Gasteiger partial charge in [0.25, 0.3) is 0 Å². The maximum Gasteiger partial charge on any atom is 0.187 e. The Morgan fingerprint density at radius 2 is 0.562 bits per heavy atom. The van der Waals surface area contributed by atoms with E-state index in [1.54, 1.807) is 0 Å². The van der Waals surface area contributed by atoms with Crippen molar-refractivity contribution in [2.24, 2.45) is 0 Å². The second kappa shape index (κ2) is 24.8. The lowest BCUT2D eigenvalue weighted by Gasteiger charge is -2.45. The average Bonchev–Trinajstić information content (AvgIpc) is 3.65. The minimum Gasteiger partial charge on any atom is -0.394 e. The second-order valence-electron chi connectivity index (χ2n) is 18.7. The van der Waals surface area contributed by atoms with Crippen LogP contribution in [-0.2, 0) is 71.1 Å². The first kappa shape index (κ1) is 57.8. The first-order valence-corrected chi connectivity index (χ1v) is 23.4. The summed E-state index contributed by atoms with van der Waals surface area (Å²) >= 11 is 0.